The summed E-state index contributed by atoms with van der Waals surface area (Å²) in [7, 11) is 1.58. The highest BCUT2D eigenvalue weighted by molar-refractivity contribution is 5.84. The molecule has 4 N–H and O–H groups in total. The molecule has 5 nitrogen and oxygen atoms in total. The molecule has 0 heterocycles. The molecular formula is C12H19N3O2. The van der Waals surface area contributed by atoms with Gasteiger partial charge < -0.3 is 21.1 Å². The number of amides is 1. The van der Waals surface area contributed by atoms with Crippen molar-refractivity contribution in [2.24, 2.45) is 0 Å². The standard InChI is InChI=1S/C12H19N3O2/c1-4-14-12(16)8(2)15-10-5-9(13)6-11(7-10)17-3/h5-8,15H,4,13H2,1-3H3,(H,14,16). The highest BCUT2D eigenvalue weighted by atomic mass is 16.5. The van der Waals surface area contributed by atoms with Crippen molar-refractivity contribution in [2.45, 2.75) is 19.9 Å². The Kier molecular flexibility index (Phi) is 4.63. The summed E-state index contributed by atoms with van der Waals surface area (Å²) in [4.78, 5) is 11.6. The highest BCUT2D eigenvalue weighted by Gasteiger charge is 2.11. The topological polar surface area (TPSA) is 76.4 Å². The van der Waals surface area contributed by atoms with Crippen LogP contribution in [0.1, 0.15) is 13.8 Å². The summed E-state index contributed by atoms with van der Waals surface area (Å²) in [5.74, 6) is 0.615. The SMILES string of the molecule is CCNC(=O)C(C)Nc1cc(N)cc(OC)c1. The second-order valence-electron chi connectivity index (χ2n) is 3.76. The van der Waals surface area contributed by atoms with E-state index in [-0.39, 0.29) is 11.9 Å². The number of carbonyl (C=O) groups excluding carboxylic acids is 1. The zero-order valence-electron chi connectivity index (χ0n) is 10.4. The Bertz CT molecular complexity index is 393. The minimum absolute atomic E-state index is 0.0473. The molecule has 0 fully saturated rings. The number of carbonyl (C=O) groups is 1. The van der Waals surface area contributed by atoms with Gasteiger partial charge in [-0.25, -0.2) is 0 Å². The van der Waals surface area contributed by atoms with Gasteiger partial charge >= 0.3 is 0 Å². The van der Waals surface area contributed by atoms with Gasteiger partial charge in [-0.3, -0.25) is 4.79 Å². The lowest BCUT2D eigenvalue weighted by Crippen LogP contribution is -2.37. The molecule has 0 aliphatic rings. The third-order valence-corrected chi connectivity index (χ3v) is 2.29. The number of hydrogen-bond donors (Lipinski definition) is 3. The molecule has 17 heavy (non-hydrogen) atoms. The molecule has 0 bridgehead atoms. The van der Waals surface area contributed by atoms with Crippen LogP contribution in [-0.4, -0.2) is 25.6 Å². The van der Waals surface area contributed by atoms with Crippen molar-refractivity contribution in [3.8, 4) is 5.75 Å². The molecule has 1 amide bonds. The first-order chi connectivity index (χ1) is 8.06. The van der Waals surface area contributed by atoms with E-state index >= 15 is 0 Å². The predicted octanol–water partition coefficient (Wildman–Crippen LogP) is 1.21. The van der Waals surface area contributed by atoms with Gasteiger partial charge in [-0.05, 0) is 19.9 Å². The lowest BCUT2D eigenvalue weighted by molar-refractivity contribution is -0.121. The summed E-state index contributed by atoms with van der Waals surface area (Å²) >= 11 is 0. The summed E-state index contributed by atoms with van der Waals surface area (Å²) in [5, 5.41) is 5.81. The Morgan fingerprint density at radius 2 is 2.18 bits per heavy atom. The molecule has 0 saturated carbocycles. The van der Waals surface area contributed by atoms with E-state index in [9.17, 15) is 4.79 Å². The number of methoxy groups -OCH3 is 1. The van der Waals surface area contributed by atoms with Crippen molar-refractivity contribution in [1.29, 1.82) is 0 Å². The molecule has 94 valence electrons. The van der Waals surface area contributed by atoms with E-state index in [4.69, 9.17) is 10.5 Å². The molecule has 1 aromatic carbocycles. The third kappa shape index (κ3) is 3.86. The summed E-state index contributed by atoms with van der Waals surface area (Å²) < 4.78 is 5.10. The van der Waals surface area contributed by atoms with E-state index in [2.05, 4.69) is 10.6 Å². The van der Waals surface area contributed by atoms with Crippen LogP contribution in [0.5, 0.6) is 5.75 Å². The average molecular weight is 237 g/mol. The molecule has 0 spiro atoms. The van der Waals surface area contributed by atoms with Crippen LogP contribution in [-0.2, 0) is 4.79 Å². The van der Waals surface area contributed by atoms with Gasteiger partial charge in [0.15, 0.2) is 0 Å². The summed E-state index contributed by atoms with van der Waals surface area (Å²) in [6.07, 6.45) is 0. The Labute approximate surface area is 101 Å². The van der Waals surface area contributed by atoms with Crippen LogP contribution in [0.3, 0.4) is 0 Å². The molecule has 0 aliphatic carbocycles. The first-order valence-electron chi connectivity index (χ1n) is 5.55. The first-order valence-corrected chi connectivity index (χ1v) is 5.55. The first kappa shape index (κ1) is 13.2. The van der Waals surface area contributed by atoms with Crippen LogP contribution < -0.4 is 21.1 Å². The zero-order valence-corrected chi connectivity index (χ0v) is 10.4. The maximum atomic E-state index is 11.6. The van der Waals surface area contributed by atoms with E-state index in [0.717, 1.165) is 5.69 Å². The summed E-state index contributed by atoms with van der Waals surface area (Å²) in [6.45, 7) is 4.29. The molecule has 0 saturated heterocycles. The lowest BCUT2D eigenvalue weighted by Gasteiger charge is -2.15. The van der Waals surface area contributed by atoms with Gasteiger partial charge in [0.05, 0.1) is 7.11 Å². The predicted molar refractivity (Wildman–Crippen MR) is 69.2 cm³/mol. The molecule has 5 heteroatoms. The molecular weight excluding hydrogens is 218 g/mol. The Hall–Kier alpha value is -1.91. The summed E-state index contributed by atoms with van der Waals surface area (Å²) in [6, 6.07) is 4.97. The van der Waals surface area contributed by atoms with Gasteiger partial charge in [-0.2, -0.15) is 0 Å². The minimum Gasteiger partial charge on any atom is -0.497 e. The smallest absolute Gasteiger partial charge is 0.242 e. The number of anilines is 2. The fraction of sp³-hybridized carbons (Fsp3) is 0.417. The second kappa shape index (κ2) is 5.98. The fourth-order valence-corrected chi connectivity index (χ4v) is 1.47. The van der Waals surface area contributed by atoms with Crippen LogP contribution in [0.15, 0.2) is 18.2 Å². The molecule has 1 aromatic rings. The number of likely N-dealkylation sites (N-methyl/N-ethyl adjacent to an activating group) is 1. The van der Waals surface area contributed by atoms with Crippen molar-refractivity contribution >= 4 is 17.3 Å². The largest absolute Gasteiger partial charge is 0.497 e. The van der Waals surface area contributed by atoms with Gasteiger partial charge in [0.25, 0.3) is 0 Å². The number of ether oxygens (including phenoxy) is 1. The van der Waals surface area contributed by atoms with Crippen molar-refractivity contribution in [3.63, 3.8) is 0 Å². The van der Waals surface area contributed by atoms with Crippen molar-refractivity contribution in [1.82, 2.24) is 5.32 Å². The Morgan fingerprint density at radius 1 is 1.47 bits per heavy atom. The Balaban J connectivity index is 2.73. The van der Waals surface area contributed by atoms with E-state index < -0.39 is 0 Å². The third-order valence-electron chi connectivity index (χ3n) is 2.29. The van der Waals surface area contributed by atoms with Crippen LogP contribution in [0.4, 0.5) is 11.4 Å². The van der Waals surface area contributed by atoms with Crippen LogP contribution >= 0.6 is 0 Å². The van der Waals surface area contributed by atoms with E-state index in [0.29, 0.717) is 18.0 Å². The lowest BCUT2D eigenvalue weighted by atomic mass is 10.2. The fourth-order valence-electron chi connectivity index (χ4n) is 1.47. The maximum absolute atomic E-state index is 11.6. The van der Waals surface area contributed by atoms with Gasteiger partial charge in [0.1, 0.15) is 11.8 Å². The van der Waals surface area contributed by atoms with Crippen LogP contribution in [0.25, 0.3) is 0 Å². The zero-order chi connectivity index (χ0) is 12.8. The highest BCUT2D eigenvalue weighted by Crippen LogP contribution is 2.22. The summed E-state index contributed by atoms with van der Waals surface area (Å²) in [5.41, 5.74) is 7.08. The van der Waals surface area contributed by atoms with Crippen LogP contribution in [0.2, 0.25) is 0 Å². The quantitative estimate of drug-likeness (QED) is 0.673. The molecule has 1 unspecified atom stereocenters. The number of nitrogens with one attached hydrogen (secondary N) is 2. The number of hydrogen-bond acceptors (Lipinski definition) is 4. The van der Waals surface area contributed by atoms with Gasteiger partial charge in [0, 0.05) is 30.1 Å². The van der Waals surface area contributed by atoms with Crippen molar-refractivity contribution in [3.05, 3.63) is 18.2 Å². The van der Waals surface area contributed by atoms with Gasteiger partial charge in [-0.15, -0.1) is 0 Å². The second-order valence-corrected chi connectivity index (χ2v) is 3.76. The van der Waals surface area contributed by atoms with E-state index in [1.165, 1.54) is 0 Å². The van der Waals surface area contributed by atoms with Crippen molar-refractivity contribution in [2.75, 3.05) is 24.7 Å². The van der Waals surface area contributed by atoms with Gasteiger partial charge in [-0.1, -0.05) is 0 Å². The minimum atomic E-state index is -0.318. The van der Waals surface area contributed by atoms with E-state index in [1.807, 2.05) is 6.92 Å². The molecule has 0 aliphatic heterocycles. The molecule has 0 aromatic heterocycles. The van der Waals surface area contributed by atoms with Crippen molar-refractivity contribution < 1.29 is 9.53 Å². The number of rotatable bonds is 5. The van der Waals surface area contributed by atoms with E-state index in [1.54, 1.807) is 32.2 Å². The molecule has 1 rings (SSSR count). The normalized spacial score (nSPS) is 11.7. The number of benzene rings is 1. The monoisotopic (exact) mass is 237 g/mol. The van der Waals surface area contributed by atoms with Crippen LogP contribution in [0, 0.1) is 0 Å². The Morgan fingerprint density at radius 3 is 2.76 bits per heavy atom. The van der Waals surface area contributed by atoms with Gasteiger partial charge in [0.2, 0.25) is 5.91 Å². The number of nitrogen functional groups attached to an aromatic ring is 1. The average Bonchev–Trinajstić information content (AvgIpc) is 2.28. The molecule has 0 radical (unpaired) electrons. The number of nitrogens with two attached hydrogens (primary N) is 1. The maximum Gasteiger partial charge on any atom is 0.242 e. The molecule has 1 atom stereocenters.